The van der Waals surface area contributed by atoms with E-state index in [1.807, 2.05) is 0 Å². The Morgan fingerprint density at radius 2 is 2.04 bits per heavy atom. The predicted molar refractivity (Wildman–Crippen MR) is 107 cm³/mol. The van der Waals surface area contributed by atoms with Gasteiger partial charge in [0.05, 0.1) is 0 Å². The monoisotopic (exact) mass is 486 g/mol. The molecule has 1 aliphatic rings. The van der Waals surface area contributed by atoms with Gasteiger partial charge in [0, 0.05) is 32.2 Å². The van der Waals surface area contributed by atoms with E-state index in [9.17, 15) is 13.2 Å². The van der Waals surface area contributed by atoms with Crippen molar-refractivity contribution in [3.05, 3.63) is 29.8 Å². The summed E-state index contributed by atoms with van der Waals surface area (Å²) in [6.45, 7) is 3.13. The Kier molecular flexibility index (Phi) is 9.48. The maximum atomic E-state index is 12.5. The summed E-state index contributed by atoms with van der Waals surface area (Å²) in [5, 5.41) is 6.29. The highest BCUT2D eigenvalue weighted by Crippen LogP contribution is 2.26. The first-order valence-corrected chi connectivity index (χ1v) is 8.34. The van der Waals surface area contributed by atoms with Crippen molar-refractivity contribution in [2.45, 2.75) is 25.7 Å². The van der Waals surface area contributed by atoms with Crippen LogP contribution in [0.1, 0.15) is 18.4 Å². The van der Waals surface area contributed by atoms with E-state index < -0.39 is 6.36 Å². The lowest BCUT2D eigenvalue weighted by molar-refractivity contribution is -0.274. The van der Waals surface area contributed by atoms with E-state index in [2.05, 4.69) is 32.3 Å². The highest BCUT2D eigenvalue weighted by molar-refractivity contribution is 14.0. The quantitative estimate of drug-likeness (QED) is 0.382. The number of aliphatic imine (C=N–C) groups is 1. The number of hydrogen-bond acceptors (Lipinski definition) is 3. The molecule has 1 fully saturated rings. The third kappa shape index (κ3) is 7.98. The molecular formula is C17H26F3IN4O. The molecule has 1 atom stereocenters. The zero-order valence-electron chi connectivity index (χ0n) is 15.0. The van der Waals surface area contributed by atoms with Gasteiger partial charge in [-0.05, 0) is 38.4 Å². The topological polar surface area (TPSA) is 48.9 Å². The van der Waals surface area contributed by atoms with E-state index in [0.717, 1.165) is 26.1 Å². The predicted octanol–water partition coefficient (Wildman–Crippen LogP) is 3.21. The van der Waals surface area contributed by atoms with Crippen LogP contribution in [-0.2, 0) is 6.54 Å². The van der Waals surface area contributed by atoms with Crippen molar-refractivity contribution in [3.8, 4) is 5.75 Å². The van der Waals surface area contributed by atoms with E-state index in [0.29, 0.717) is 17.4 Å². The summed E-state index contributed by atoms with van der Waals surface area (Å²) in [6.07, 6.45) is -2.36. The number of benzene rings is 1. The van der Waals surface area contributed by atoms with Crippen molar-refractivity contribution in [1.29, 1.82) is 0 Å². The number of nitrogens with zero attached hydrogens (tertiary/aromatic N) is 2. The molecule has 2 N–H and O–H groups in total. The van der Waals surface area contributed by atoms with Crippen LogP contribution in [0.15, 0.2) is 29.3 Å². The summed E-state index contributed by atoms with van der Waals surface area (Å²) in [5.41, 5.74) is 0.417. The van der Waals surface area contributed by atoms with Crippen LogP contribution in [0.25, 0.3) is 0 Å². The molecule has 26 heavy (non-hydrogen) atoms. The minimum atomic E-state index is -4.71. The average Bonchev–Trinajstić information content (AvgIpc) is 2.55. The Bertz CT molecular complexity index is 583. The molecule has 0 spiro atoms. The van der Waals surface area contributed by atoms with E-state index in [1.54, 1.807) is 19.2 Å². The fourth-order valence-electron chi connectivity index (χ4n) is 2.95. The molecule has 0 bridgehead atoms. The molecule has 0 radical (unpaired) electrons. The highest BCUT2D eigenvalue weighted by Gasteiger charge is 2.31. The second kappa shape index (κ2) is 10.8. The molecule has 2 rings (SSSR count). The number of piperidine rings is 1. The molecule has 0 aromatic heterocycles. The molecule has 1 heterocycles. The minimum absolute atomic E-state index is 0. The Balaban J connectivity index is 0.00000338. The molecule has 1 aromatic rings. The second-order valence-electron chi connectivity index (χ2n) is 6.23. The lowest BCUT2D eigenvalue weighted by Crippen LogP contribution is -2.43. The molecule has 0 saturated carbocycles. The van der Waals surface area contributed by atoms with Crippen LogP contribution in [0, 0.1) is 5.92 Å². The number of para-hydroxylation sites is 1. The van der Waals surface area contributed by atoms with Crippen molar-refractivity contribution in [2.75, 3.05) is 33.7 Å². The van der Waals surface area contributed by atoms with Crippen molar-refractivity contribution < 1.29 is 17.9 Å². The van der Waals surface area contributed by atoms with Gasteiger partial charge in [0.25, 0.3) is 0 Å². The van der Waals surface area contributed by atoms with Gasteiger partial charge in [-0.15, -0.1) is 37.1 Å². The van der Waals surface area contributed by atoms with E-state index >= 15 is 0 Å². The lowest BCUT2D eigenvalue weighted by Gasteiger charge is -2.30. The number of alkyl halides is 3. The van der Waals surface area contributed by atoms with Crippen LogP contribution in [0.3, 0.4) is 0 Å². The van der Waals surface area contributed by atoms with Gasteiger partial charge in [0.15, 0.2) is 5.96 Å². The summed E-state index contributed by atoms with van der Waals surface area (Å²) in [5.74, 6) is 0.903. The number of ether oxygens (including phenoxy) is 1. The van der Waals surface area contributed by atoms with Gasteiger partial charge < -0.3 is 20.3 Å². The minimum Gasteiger partial charge on any atom is -0.405 e. The molecule has 9 heteroatoms. The van der Waals surface area contributed by atoms with Crippen LogP contribution in [0.2, 0.25) is 0 Å². The van der Waals surface area contributed by atoms with Gasteiger partial charge in [0.1, 0.15) is 5.75 Å². The summed E-state index contributed by atoms with van der Waals surface area (Å²) < 4.78 is 41.4. The van der Waals surface area contributed by atoms with Gasteiger partial charge in [-0.2, -0.15) is 0 Å². The number of likely N-dealkylation sites (tertiary alicyclic amines) is 1. The lowest BCUT2D eigenvalue weighted by atomic mass is 9.99. The highest BCUT2D eigenvalue weighted by atomic mass is 127. The number of hydrogen-bond donors (Lipinski definition) is 2. The number of nitrogens with one attached hydrogen (secondary N) is 2. The zero-order chi connectivity index (χ0) is 18.3. The van der Waals surface area contributed by atoms with Crippen molar-refractivity contribution >= 4 is 29.9 Å². The van der Waals surface area contributed by atoms with Crippen molar-refractivity contribution in [2.24, 2.45) is 10.9 Å². The summed E-state index contributed by atoms with van der Waals surface area (Å²) in [4.78, 5) is 6.43. The average molecular weight is 486 g/mol. The van der Waals surface area contributed by atoms with Crippen LogP contribution in [0.4, 0.5) is 13.2 Å². The summed E-state index contributed by atoms with van der Waals surface area (Å²) in [7, 11) is 3.75. The van der Waals surface area contributed by atoms with Crippen LogP contribution in [0.5, 0.6) is 5.75 Å². The van der Waals surface area contributed by atoms with Crippen molar-refractivity contribution in [3.63, 3.8) is 0 Å². The van der Waals surface area contributed by atoms with Gasteiger partial charge in [-0.25, -0.2) is 0 Å². The van der Waals surface area contributed by atoms with Gasteiger partial charge in [-0.1, -0.05) is 18.2 Å². The standard InChI is InChI=1S/C17H25F3N4O.HI/c1-21-16(22-10-13-6-5-9-24(2)12-13)23-11-14-7-3-4-8-15(14)25-17(18,19)20;/h3-4,7-8,13H,5-6,9-12H2,1-2H3,(H2,21,22,23);1H. The first-order valence-electron chi connectivity index (χ1n) is 8.34. The second-order valence-corrected chi connectivity index (χ2v) is 6.23. The molecule has 148 valence electrons. The summed E-state index contributed by atoms with van der Waals surface area (Å²) in [6, 6.07) is 6.08. The molecular weight excluding hydrogens is 460 g/mol. The number of guanidine groups is 1. The van der Waals surface area contributed by atoms with E-state index in [4.69, 9.17) is 0 Å². The molecule has 1 aliphatic heterocycles. The van der Waals surface area contributed by atoms with Gasteiger partial charge in [0.2, 0.25) is 0 Å². The number of rotatable bonds is 5. The van der Waals surface area contributed by atoms with Crippen molar-refractivity contribution in [1.82, 2.24) is 15.5 Å². The Hall–Kier alpha value is -1.23. The van der Waals surface area contributed by atoms with Gasteiger partial charge >= 0.3 is 6.36 Å². The van der Waals surface area contributed by atoms with E-state index in [1.165, 1.54) is 18.6 Å². The molecule has 0 aliphatic carbocycles. The zero-order valence-corrected chi connectivity index (χ0v) is 17.3. The first kappa shape index (κ1) is 22.8. The maximum Gasteiger partial charge on any atom is 0.573 e. The van der Waals surface area contributed by atoms with Gasteiger partial charge in [-0.3, -0.25) is 4.99 Å². The summed E-state index contributed by atoms with van der Waals surface area (Å²) >= 11 is 0. The molecule has 5 nitrogen and oxygen atoms in total. The molecule has 1 saturated heterocycles. The molecule has 1 unspecified atom stereocenters. The Morgan fingerprint density at radius 3 is 2.69 bits per heavy atom. The van der Waals surface area contributed by atoms with Crippen LogP contribution >= 0.6 is 24.0 Å². The smallest absolute Gasteiger partial charge is 0.405 e. The number of halogens is 4. The Morgan fingerprint density at radius 1 is 1.31 bits per heavy atom. The third-order valence-electron chi connectivity index (χ3n) is 4.15. The maximum absolute atomic E-state index is 12.5. The molecule has 1 aromatic carbocycles. The fraction of sp³-hybridized carbons (Fsp3) is 0.588. The largest absolute Gasteiger partial charge is 0.573 e. The fourth-order valence-corrected chi connectivity index (χ4v) is 2.95. The Labute approximate surface area is 169 Å². The third-order valence-corrected chi connectivity index (χ3v) is 4.15. The first-order chi connectivity index (χ1) is 11.9. The van der Waals surface area contributed by atoms with E-state index in [-0.39, 0.29) is 36.3 Å². The molecule has 0 amide bonds. The van der Waals surface area contributed by atoms with Crippen LogP contribution in [-0.4, -0.2) is 51.0 Å². The normalized spacial score (nSPS) is 18.8. The van der Waals surface area contributed by atoms with Crippen LogP contribution < -0.4 is 15.4 Å². The SMILES string of the molecule is CN=C(NCc1ccccc1OC(F)(F)F)NCC1CCCN(C)C1.I.